The lowest BCUT2D eigenvalue weighted by atomic mass is 10.1. The average Bonchev–Trinajstić information content (AvgIpc) is 3.61. The molecule has 0 spiro atoms. The van der Waals surface area contributed by atoms with Gasteiger partial charge in [-0.3, -0.25) is 14.4 Å². The molecule has 0 saturated heterocycles. The van der Waals surface area contributed by atoms with Crippen LogP contribution in [-0.4, -0.2) is 67.4 Å². The van der Waals surface area contributed by atoms with Gasteiger partial charge in [0.05, 0.1) is 26.5 Å². The molecule has 1 amide bonds. The molecular formula is C33H49N3O8. The van der Waals surface area contributed by atoms with Crippen molar-refractivity contribution in [3.8, 4) is 28.9 Å². The summed E-state index contributed by atoms with van der Waals surface area (Å²) in [6, 6.07) is 9.91. The Labute approximate surface area is 261 Å². The number of hydrogen-bond donors (Lipinski definition) is 1. The van der Waals surface area contributed by atoms with Crippen LogP contribution >= 0.6 is 0 Å². The summed E-state index contributed by atoms with van der Waals surface area (Å²) < 4.78 is 25.3. The Morgan fingerprint density at radius 3 is 2.16 bits per heavy atom. The molecule has 2 aromatic rings. The van der Waals surface area contributed by atoms with Gasteiger partial charge in [-0.05, 0) is 83.6 Å². The van der Waals surface area contributed by atoms with Gasteiger partial charge in [0.25, 0.3) is 12.9 Å². The molecule has 1 heterocycles. The summed E-state index contributed by atoms with van der Waals surface area (Å²) in [7, 11) is 3.16. The van der Waals surface area contributed by atoms with Gasteiger partial charge in [-0.2, -0.15) is 9.97 Å². The van der Waals surface area contributed by atoms with Gasteiger partial charge in [-0.25, -0.2) is 0 Å². The number of carbonyl (C=O) groups is 3. The molecule has 2 aliphatic carbocycles. The van der Waals surface area contributed by atoms with Crippen molar-refractivity contribution in [3.05, 3.63) is 43.0 Å². The molecule has 0 bridgehead atoms. The summed E-state index contributed by atoms with van der Waals surface area (Å²) in [5.41, 5.74) is 1.30. The van der Waals surface area contributed by atoms with Gasteiger partial charge in [-0.1, -0.05) is 19.9 Å². The second-order valence-electron chi connectivity index (χ2n) is 10.7. The van der Waals surface area contributed by atoms with E-state index in [1.54, 1.807) is 20.1 Å². The van der Waals surface area contributed by atoms with Crippen LogP contribution in [-0.2, 0) is 23.9 Å². The first-order valence-corrected chi connectivity index (χ1v) is 14.9. The van der Waals surface area contributed by atoms with Gasteiger partial charge < -0.3 is 29.0 Å². The number of rotatable bonds is 11. The maximum Gasteiger partial charge on any atom is 0.320 e. The van der Waals surface area contributed by atoms with E-state index in [1.807, 2.05) is 65.0 Å². The number of hydrogen-bond acceptors (Lipinski definition) is 10. The predicted octanol–water partition coefficient (Wildman–Crippen LogP) is 5.56. The van der Waals surface area contributed by atoms with Gasteiger partial charge in [0.15, 0.2) is 0 Å². The number of nitrogens with one attached hydrogen (secondary N) is 1. The van der Waals surface area contributed by atoms with Crippen LogP contribution in [0.2, 0.25) is 0 Å². The van der Waals surface area contributed by atoms with Crippen molar-refractivity contribution in [2.75, 3.05) is 20.8 Å². The second kappa shape index (κ2) is 19.9. The maximum atomic E-state index is 12.5. The van der Waals surface area contributed by atoms with Crippen molar-refractivity contribution in [3.63, 3.8) is 0 Å². The van der Waals surface area contributed by atoms with E-state index in [1.165, 1.54) is 7.11 Å². The van der Waals surface area contributed by atoms with Crippen molar-refractivity contribution in [2.45, 2.75) is 85.0 Å². The van der Waals surface area contributed by atoms with Crippen molar-refractivity contribution < 1.29 is 38.1 Å². The fourth-order valence-electron chi connectivity index (χ4n) is 4.08. The number of amides is 1. The number of benzene rings is 1. The third kappa shape index (κ3) is 13.9. The Hall–Kier alpha value is -4.15. The summed E-state index contributed by atoms with van der Waals surface area (Å²) in [5.74, 6) is 1.75. The fourth-order valence-corrected chi connectivity index (χ4v) is 4.08. The lowest BCUT2D eigenvalue weighted by Gasteiger charge is -2.15. The molecule has 0 radical (unpaired) electrons. The third-order valence-corrected chi connectivity index (χ3v) is 6.40. The van der Waals surface area contributed by atoms with E-state index in [9.17, 15) is 14.4 Å². The van der Waals surface area contributed by atoms with Crippen LogP contribution in [0.25, 0.3) is 11.3 Å². The molecule has 1 aromatic carbocycles. The van der Waals surface area contributed by atoms with Gasteiger partial charge >= 0.3 is 6.01 Å². The zero-order valence-corrected chi connectivity index (χ0v) is 27.3. The zero-order valence-electron chi connectivity index (χ0n) is 27.3. The Morgan fingerprint density at radius 2 is 1.70 bits per heavy atom. The van der Waals surface area contributed by atoms with Gasteiger partial charge in [0.1, 0.15) is 17.5 Å². The van der Waals surface area contributed by atoms with Gasteiger partial charge in [0, 0.05) is 23.6 Å². The second-order valence-corrected chi connectivity index (χ2v) is 10.7. The highest BCUT2D eigenvalue weighted by atomic mass is 16.5. The highest BCUT2D eigenvalue weighted by Gasteiger charge is 2.39. The van der Waals surface area contributed by atoms with E-state index in [4.69, 9.17) is 14.2 Å². The summed E-state index contributed by atoms with van der Waals surface area (Å²) >= 11 is 0. The molecule has 2 fully saturated rings. The highest BCUT2D eigenvalue weighted by molar-refractivity contribution is 5.79. The minimum atomic E-state index is -0.318. The number of nitrogens with zero attached hydrogens (tertiary/aromatic N) is 2. The van der Waals surface area contributed by atoms with Crippen LogP contribution in [0, 0.1) is 11.8 Å². The predicted molar refractivity (Wildman–Crippen MR) is 169 cm³/mol. The highest BCUT2D eigenvalue weighted by Crippen LogP contribution is 2.34. The molecule has 2 unspecified atom stereocenters. The van der Waals surface area contributed by atoms with Crippen LogP contribution in [0.1, 0.15) is 67.2 Å². The molecule has 4 atom stereocenters. The fraction of sp³-hybridized carbons (Fsp3) is 0.545. The van der Waals surface area contributed by atoms with E-state index in [2.05, 4.69) is 31.3 Å². The summed E-state index contributed by atoms with van der Waals surface area (Å²) in [6.45, 7) is 16.4. The van der Waals surface area contributed by atoms with Gasteiger partial charge in [-0.15, -0.1) is 6.58 Å². The Morgan fingerprint density at radius 1 is 1.02 bits per heavy atom. The lowest BCUT2D eigenvalue weighted by molar-refractivity contribution is -0.138. The average molecular weight is 616 g/mol. The minimum absolute atomic E-state index is 0.0224. The Balaban J connectivity index is 0.000000582. The van der Waals surface area contributed by atoms with Crippen LogP contribution in [0.5, 0.6) is 17.6 Å². The molecule has 1 aromatic heterocycles. The Bertz CT molecular complexity index is 1150. The van der Waals surface area contributed by atoms with Gasteiger partial charge in [0.2, 0.25) is 11.8 Å². The maximum absolute atomic E-state index is 12.5. The van der Waals surface area contributed by atoms with Crippen LogP contribution in [0.4, 0.5) is 0 Å². The zero-order chi connectivity index (χ0) is 33.1. The first kappa shape index (κ1) is 37.9. The minimum Gasteiger partial charge on any atom is -0.497 e. The SMILES string of the molecule is C=CC1C[C@H]1NC(=O)C1CC[C@H](Oc2cc(-c3ccc(OC)cc3)nc(OC)n2)C1.CC.CC(C)(C)OC=O.CCOC=O. The van der Waals surface area contributed by atoms with E-state index >= 15 is 0 Å². The summed E-state index contributed by atoms with van der Waals surface area (Å²) in [6.07, 6.45) is 5.17. The van der Waals surface area contributed by atoms with Crippen LogP contribution in [0.15, 0.2) is 43.0 Å². The molecule has 2 aliphatic rings. The standard InChI is InChI=1S/C23H27N3O4.C5H10O2.C3H6O2.C2H6/c1-4-14-12-19(14)24-22(27)16-7-10-18(11-16)30-21-13-20(25-23(26-21)29-3)15-5-8-17(28-2)9-6-15;1-5(2,3)7-4-6;1-2-5-3-4;1-2/h4-6,8-9,13-14,16,18-19H,1,7,10-12H2,2-3H3,(H,24,27);4H,1-3H3;3H,2H2,1H3;1-2H3/t14?,16?,18-,19+;;;/m0.../s1. The first-order chi connectivity index (χ1) is 21.1. The summed E-state index contributed by atoms with van der Waals surface area (Å²) in [4.78, 5) is 40.0. The van der Waals surface area contributed by atoms with Crippen molar-refractivity contribution >= 4 is 18.9 Å². The largest absolute Gasteiger partial charge is 0.497 e. The quantitative estimate of drug-likeness (QED) is 0.253. The third-order valence-electron chi connectivity index (χ3n) is 6.40. The number of carbonyl (C=O) groups excluding carboxylic acids is 3. The van der Waals surface area contributed by atoms with Crippen molar-refractivity contribution in [2.24, 2.45) is 11.8 Å². The molecule has 2 saturated carbocycles. The number of methoxy groups -OCH3 is 2. The van der Waals surface area contributed by atoms with E-state index in [0.29, 0.717) is 43.5 Å². The van der Waals surface area contributed by atoms with E-state index in [-0.39, 0.29) is 35.6 Å². The number of ether oxygens (including phenoxy) is 5. The van der Waals surface area contributed by atoms with Crippen LogP contribution < -0.4 is 19.5 Å². The summed E-state index contributed by atoms with van der Waals surface area (Å²) in [5, 5.41) is 3.12. The molecule has 0 aliphatic heterocycles. The van der Waals surface area contributed by atoms with Crippen molar-refractivity contribution in [1.29, 1.82) is 0 Å². The molecule has 4 rings (SSSR count). The molecule has 11 nitrogen and oxygen atoms in total. The molecule has 1 N–H and O–H groups in total. The normalized spacial score (nSPS) is 19.5. The topological polar surface area (TPSA) is 135 Å². The number of aromatic nitrogens is 2. The molecular weight excluding hydrogens is 566 g/mol. The molecule has 11 heteroatoms. The molecule has 244 valence electrons. The van der Waals surface area contributed by atoms with Crippen molar-refractivity contribution in [1.82, 2.24) is 15.3 Å². The Kier molecular flexibility index (Phi) is 17.2. The molecule has 44 heavy (non-hydrogen) atoms. The van der Waals surface area contributed by atoms with E-state index < -0.39 is 0 Å². The van der Waals surface area contributed by atoms with Crippen LogP contribution in [0.3, 0.4) is 0 Å². The first-order valence-electron chi connectivity index (χ1n) is 14.9. The lowest BCUT2D eigenvalue weighted by Crippen LogP contribution is -2.32. The smallest absolute Gasteiger partial charge is 0.320 e. The monoisotopic (exact) mass is 615 g/mol. The van der Waals surface area contributed by atoms with E-state index in [0.717, 1.165) is 30.6 Å².